The molecule has 8 nitrogen and oxygen atoms in total. The number of hydrogen-bond acceptors (Lipinski definition) is 6. The van der Waals surface area contributed by atoms with E-state index >= 15 is 0 Å². The number of carbonyl (C=O) groups excluding carboxylic acids is 1. The van der Waals surface area contributed by atoms with Crippen molar-refractivity contribution >= 4 is 44.8 Å². The molecular weight excluding hydrogens is 352 g/mol. The topological polar surface area (TPSA) is 114 Å². The lowest BCUT2D eigenvalue weighted by atomic mass is 10.1. The molecule has 0 fully saturated rings. The molecule has 1 aliphatic heterocycles. The van der Waals surface area contributed by atoms with E-state index in [0.717, 1.165) is 33.1 Å². The third-order valence-electron chi connectivity index (χ3n) is 3.96. The molecule has 2 aromatic heterocycles. The number of hydrogen-bond donors (Lipinski definition) is 5. The smallest absolute Gasteiger partial charge is 0.305 e. The summed E-state index contributed by atoms with van der Waals surface area (Å²) in [5, 5.41) is 9.31. The zero-order valence-electron chi connectivity index (χ0n) is 14.3. The van der Waals surface area contributed by atoms with Crippen molar-refractivity contribution in [3.05, 3.63) is 45.2 Å². The summed E-state index contributed by atoms with van der Waals surface area (Å²) >= 11 is 1.16. The Bertz CT molecular complexity index is 1070. The molecule has 1 aliphatic rings. The molecule has 0 atom stereocenters. The molecule has 1 aromatic carbocycles. The highest BCUT2D eigenvalue weighted by atomic mass is 32.1. The maximum Gasteiger partial charge on any atom is 0.305 e. The maximum atomic E-state index is 12.5. The van der Waals surface area contributed by atoms with Crippen molar-refractivity contribution in [2.45, 2.75) is 19.9 Å². The van der Waals surface area contributed by atoms with Crippen LogP contribution in [-0.2, 0) is 0 Å². The summed E-state index contributed by atoms with van der Waals surface area (Å²) in [4.78, 5) is 34.2. The van der Waals surface area contributed by atoms with Gasteiger partial charge in [-0.2, -0.15) is 0 Å². The van der Waals surface area contributed by atoms with Gasteiger partial charge in [0.05, 0.1) is 21.3 Å². The zero-order chi connectivity index (χ0) is 18.3. The van der Waals surface area contributed by atoms with Crippen LogP contribution < -0.4 is 20.8 Å². The van der Waals surface area contributed by atoms with Crippen LogP contribution >= 0.6 is 11.3 Å². The van der Waals surface area contributed by atoms with Crippen molar-refractivity contribution in [2.75, 3.05) is 17.3 Å². The van der Waals surface area contributed by atoms with Crippen LogP contribution in [0, 0.1) is 0 Å². The van der Waals surface area contributed by atoms with E-state index in [1.165, 1.54) is 0 Å². The fourth-order valence-electron chi connectivity index (χ4n) is 2.87. The number of amides is 1. The largest absolute Gasteiger partial charge is 0.352 e. The number of nitrogens with zero attached hydrogens (tertiary/aromatic N) is 1. The molecule has 4 rings (SSSR count). The molecule has 0 spiro atoms. The van der Waals surface area contributed by atoms with Crippen LogP contribution in [0.1, 0.15) is 29.8 Å². The first-order valence-electron chi connectivity index (χ1n) is 8.22. The molecule has 3 heterocycles. The first-order chi connectivity index (χ1) is 12.5. The van der Waals surface area contributed by atoms with Gasteiger partial charge in [-0.25, -0.2) is 4.99 Å². The van der Waals surface area contributed by atoms with Gasteiger partial charge in [0.25, 0.3) is 5.91 Å². The molecule has 0 saturated heterocycles. The highest BCUT2D eigenvalue weighted by Crippen LogP contribution is 2.26. The first kappa shape index (κ1) is 16.4. The molecule has 26 heavy (non-hydrogen) atoms. The van der Waals surface area contributed by atoms with E-state index in [1.54, 1.807) is 6.20 Å². The third-order valence-corrected chi connectivity index (χ3v) is 4.80. The third kappa shape index (κ3) is 2.97. The highest BCUT2D eigenvalue weighted by Gasteiger charge is 2.24. The van der Waals surface area contributed by atoms with Gasteiger partial charge in [-0.15, -0.1) is 0 Å². The van der Waals surface area contributed by atoms with E-state index in [4.69, 9.17) is 0 Å². The van der Waals surface area contributed by atoms with Crippen molar-refractivity contribution in [2.24, 2.45) is 4.99 Å². The van der Waals surface area contributed by atoms with E-state index in [-0.39, 0.29) is 16.8 Å². The van der Waals surface area contributed by atoms with E-state index in [2.05, 4.69) is 30.9 Å². The van der Waals surface area contributed by atoms with Gasteiger partial charge in [0, 0.05) is 17.9 Å². The minimum Gasteiger partial charge on any atom is -0.352 e. The number of nitrogens with one attached hydrogen (secondary N) is 5. The minimum atomic E-state index is -0.157. The molecule has 3 aromatic rings. The lowest BCUT2D eigenvalue weighted by molar-refractivity contribution is 0.0943. The predicted molar refractivity (Wildman–Crippen MR) is 104 cm³/mol. The summed E-state index contributed by atoms with van der Waals surface area (Å²) in [5.41, 5.74) is 2.84. The van der Waals surface area contributed by atoms with Gasteiger partial charge in [0.15, 0.2) is 0 Å². The van der Waals surface area contributed by atoms with Gasteiger partial charge in [-0.05, 0) is 32.0 Å². The average molecular weight is 370 g/mol. The van der Waals surface area contributed by atoms with Gasteiger partial charge in [-0.1, -0.05) is 11.3 Å². The number of H-pyrrole nitrogens is 2. The fourth-order valence-corrected chi connectivity index (χ4v) is 3.64. The number of thiazole rings is 1. The van der Waals surface area contributed by atoms with Gasteiger partial charge >= 0.3 is 4.87 Å². The Balaban J connectivity index is 1.67. The number of aromatic amines is 2. The van der Waals surface area contributed by atoms with E-state index in [1.807, 2.05) is 32.0 Å². The number of rotatable bonds is 3. The molecule has 0 unspecified atom stereocenters. The molecule has 0 saturated carbocycles. The lowest BCUT2D eigenvalue weighted by Crippen LogP contribution is -2.32. The van der Waals surface area contributed by atoms with Crippen molar-refractivity contribution in [3.8, 4) is 0 Å². The molecule has 1 amide bonds. The number of aliphatic imine (C=N–C) groups is 1. The van der Waals surface area contributed by atoms with Crippen LogP contribution in [0.4, 0.5) is 11.5 Å². The van der Waals surface area contributed by atoms with Crippen LogP contribution in [0.5, 0.6) is 0 Å². The Kier molecular flexibility index (Phi) is 4.00. The molecule has 9 heteroatoms. The van der Waals surface area contributed by atoms with Crippen LogP contribution in [0.2, 0.25) is 0 Å². The van der Waals surface area contributed by atoms with E-state index in [9.17, 15) is 9.59 Å². The second-order valence-electron chi connectivity index (χ2n) is 6.27. The van der Waals surface area contributed by atoms with Crippen LogP contribution in [0.25, 0.3) is 10.2 Å². The number of carbonyl (C=O) groups is 1. The number of anilines is 2. The van der Waals surface area contributed by atoms with Gasteiger partial charge in [0.2, 0.25) is 0 Å². The lowest BCUT2D eigenvalue weighted by Gasteiger charge is -2.18. The summed E-state index contributed by atoms with van der Waals surface area (Å²) in [6.45, 7) is 4.24. The Labute approximate surface area is 152 Å². The SMILES string of the molecule is CC(C)NC(=O)c1c[nH]c2c1C(Nc1ccc3[nH]c(=O)sc3c1)=NCN2. The Morgan fingerprint density at radius 3 is 3.00 bits per heavy atom. The minimum absolute atomic E-state index is 0.0386. The van der Waals surface area contributed by atoms with E-state index in [0.29, 0.717) is 23.6 Å². The second kappa shape index (κ2) is 6.34. The number of benzene rings is 1. The Morgan fingerprint density at radius 1 is 1.35 bits per heavy atom. The summed E-state index contributed by atoms with van der Waals surface area (Å²) in [6, 6.07) is 5.65. The van der Waals surface area contributed by atoms with E-state index < -0.39 is 0 Å². The number of aromatic nitrogens is 2. The summed E-state index contributed by atoms with van der Waals surface area (Å²) in [5.74, 6) is 1.20. The van der Waals surface area contributed by atoms with Gasteiger partial charge < -0.3 is 25.9 Å². The van der Waals surface area contributed by atoms with Gasteiger partial charge in [0.1, 0.15) is 18.3 Å². The molecule has 134 valence electrons. The normalized spacial score (nSPS) is 13.3. The molecule has 0 radical (unpaired) electrons. The van der Waals surface area contributed by atoms with Crippen LogP contribution in [0.15, 0.2) is 34.2 Å². The summed E-state index contributed by atoms with van der Waals surface area (Å²) in [6.07, 6.45) is 1.68. The Morgan fingerprint density at radius 2 is 2.19 bits per heavy atom. The molecular formula is C17H18N6O2S. The molecule has 5 N–H and O–H groups in total. The maximum absolute atomic E-state index is 12.5. The standard InChI is InChI=1S/C17H18N6O2S/c1-8(2)21-16(24)10-6-18-14-13(10)15(20-7-19-14)22-9-3-4-11-12(5-9)26-17(25)23-11/h3-6,8,18-19H,7H2,1-2H3,(H,20,22)(H,21,24)(H,23,25). The quantitative estimate of drug-likeness (QED) is 0.487. The van der Waals surface area contributed by atoms with Crippen molar-refractivity contribution in [3.63, 3.8) is 0 Å². The van der Waals surface area contributed by atoms with Crippen LogP contribution in [0.3, 0.4) is 0 Å². The fraction of sp³-hybridized carbons (Fsp3) is 0.235. The highest BCUT2D eigenvalue weighted by molar-refractivity contribution is 7.16. The van der Waals surface area contributed by atoms with Crippen molar-refractivity contribution in [1.82, 2.24) is 15.3 Å². The first-order valence-corrected chi connectivity index (χ1v) is 9.04. The average Bonchev–Trinajstić information content (AvgIpc) is 3.17. The second-order valence-corrected chi connectivity index (χ2v) is 7.29. The Hall–Kier alpha value is -3.07. The van der Waals surface area contributed by atoms with Gasteiger partial charge in [-0.3, -0.25) is 9.59 Å². The zero-order valence-corrected chi connectivity index (χ0v) is 15.1. The number of fused-ring (bicyclic) bond motifs is 2. The predicted octanol–water partition coefficient (Wildman–Crippen LogP) is 2.30. The summed E-state index contributed by atoms with van der Waals surface area (Å²) < 4.78 is 0.863. The van der Waals surface area contributed by atoms with Crippen LogP contribution in [-0.4, -0.2) is 34.4 Å². The van der Waals surface area contributed by atoms with Crippen molar-refractivity contribution in [1.29, 1.82) is 0 Å². The van der Waals surface area contributed by atoms with Crippen molar-refractivity contribution < 1.29 is 4.79 Å². The monoisotopic (exact) mass is 370 g/mol. The summed E-state index contributed by atoms with van der Waals surface area (Å²) in [7, 11) is 0. The number of amidine groups is 1. The molecule has 0 bridgehead atoms. The molecule has 0 aliphatic carbocycles.